The van der Waals surface area contributed by atoms with Crippen molar-refractivity contribution in [1.29, 1.82) is 0 Å². The van der Waals surface area contributed by atoms with Crippen LogP contribution in [0, 0.1) is 16.0 Å². The molecule has 1 aliphatic heterocycles. The van der Waals surface area contributed by atoms with Gasteiger partial charge in [-0.1, -0.05) is 0 Å². The number of carboxylic acids is 1. The van der Waals surface area contributed by atoms with Crippen molar-refractivity contribution < 1.29 is 24.3 Å². The third-order valence-corrected chi connectivity index (χ3v) is 4.55. The van der Waals surface area contributed by atoms with Crippen LogP contribution in [-0.4, -0.2) is 52.9 Å². The number of aliphatic carboxylic acids is 1. The number of carboxylic acid groups (broad SMARTS) is 1. The van der Waals surface area contributed by atoms with Gasteiger partial charge in [0.05, 0.1) is 25.7 Å². The molecule has 2 atom stereocenters. The molecule has 0 radical (unpaired) electrons. The molecule has 1 rings (SSSR count). The zero-order chi connectivity index (χ0) is 14.7. The first-order valence-electron chi connectivity index (χ1n) is 6.53. The van der Waals surface area contributed by atoms with Gasteiger partial charge in [0.1, 0.15) is 12.5 Å². The van der Waals surface area contributed by atoms with Crippen molar-refractivity contribution in [2.75, 3.05) is 26.7 Å². The van der Waals surface area contributed by atoms with Crippen molar-refractivity contribution >= 4 is 5.97 Å². The summed E-state index contributed by atoms with van der Waals surface area (Å²) in [4.78, 5) is 25.7. The highest BCUT2D eigenvalue weighted by Gasteiger charge is 2.45. The molecule has 1 fully saturated rings. The third-order valence-electron chi connectivity index (χ3n) is 4.55. The Morgan fingerprint density at radius 2 is 2.21 bits per heavy atom. The van der Waals surface area contributed by atoms with E-state index < -0.39 is 11.1 Å². The summed E-state index contributed by atoms with van der Waals surface area (Å²) in [6, 6.07) is 0. The number of nitrogens with zero attached hydrogens (tertiary/aromatic N) is 2. The first-order chi connectivity index (χ1) is 8.68. The molecule has 0 bridgehead atoms. The summed E-state index contributed by atoms with van der Waals surface area (Å²) in [6.07, 6.45) is 2.11. The van der Waals surface area contributed by atoms with Crippen LogP contribution < -0.4 is 0 Å². The van der Waals surface area contributed by atoms with E-state index in [0.29, 0.717) is 23.9 Å². The molecule has 0 saturated carbocycles. The van der Waals surface area contributed by atoms with E-state index in [1.165, 1.54) is 0 Å². The fourth-order valence-corrected chi connectivity index (χ4v) is 2.75. The standard InChI is InChI=1S/C12H22N2O5/c1-12(2,6-8-19-13(17)18)14(3)7-4-5-10(9-14)11(15)16/h10H,4-9H2,1-3H3/p+1. The second-order valence-corrected chi connectivity index (χ2v) is 6.10. The molecule has 0 spiro atoms. The van der Waals surface area contributed by atoms with Crippen LogP contribution in [0.2, 0.25) is 0 Å². The van der Waals surface area contributed by atoms with Gasteiger partial charge in [0.25, 0.3) is 5.09 Å². The van der Waals surface area contributed by atoms with E-state index in [9.17, 15) is 14.9 Å². The van der Waals surface area contributed by atoms with E-state index in [-0.39, 0.29) is 18.1 Å². The number of likely N-dealkylation sites (tertiary alicyclic amines) is 1. The molecule has 0 amide bonds. The topological polar surface area (TPSA) is 89.7 Å². The number of carbonyl (C=O) groups is 1. The normalized spacial score (nSPS) is 27.8. The van der Waals surface area contributed by atoms with Crippen molar-refractivity contribution in [3.05, 3.63) is 10.1 Å². The molecule has 1 aliphatic rings. The van der Waals surface area contributed by atoms with Crippen LogP contribution in [0.5, 0.6) is 0 Å². The summed E-state index contributed by atoms with van der Waals surface area (Å²) >= 11 is 0. The molecule has 0 aliphatic carbocycles. The molecule has 19 heavy (non-hydrogen) atoms. The maximum absolute atomic E-state index is 11.1. The van der Waals surface area contributed by atoms with E-state index >= 15 is 0 Å². The maximum Gasteiger partial charge on any atom is 0.312 e. The van der Waals surface area contributed by atoms with E-state index in [2.05, 4.69) is 4.84 Å². The van der Waals surface area contributed by atoms with Crippen molar-refractivity contribution in [3.8, 4) is 0 Å². The van der Waals surface area contributed by atoms with Crippen molar-refractivity contribution in [2.45, 2.75) is 38.6 Å². The molecule has 0 aromatic carbocycles. The Balaban J connectivity index is 2.68. The molecule has 7 nitrogen and oxygen atoms in total. The molecule has 0 aromatic heterocycles. The van der Waals surface area contributed by atoms with Gasteiger partial charge in [-0.05, 0) is 26.7 Å². The van der Waals surface area contributed by atoms with Crippen LogP contribution in [-0.2, 0) is 9.63 Å². The fourth-order valence-electron chi connectivity index (χ4n) is 2.75. The predicted octanol–water partition coefficient (Wildman–Crippen LogP) is 1.30. The van der Waals surface area contributed by atoms with E-state index in [1.807, 2.05) is 20.9 Å². The average molecular weight is 275 g/mol. The highest BCUT2D eigenvalue weighted by Crippen LogP contribution is 2.33. The SMILES string of the molecule is CC(C)(CCO[N+](=O)[O-])[N+]1(C)CCCC(C(=O)O)C1. The minimum atomic E-state index is -0.785. The van der Waals surface area contributed by atoms with Gasteiger partial charge >= 0.3 is 5.97 Å². The van der Waals surface area contributed by atoms with Gasteiger partial charge in [0.15, 0.2) is 0 Å². The van der Waals surface area contributed by atoms with Gasteiger partial charge in [-0.25, -0.2) is 0 Å². The lowest BCUT2D eigenvalue weighted by atomic mass is 9.87. The minimum Gasteiger partial charge on any atom is -0.481 e. The largest absolute Gasteiger partial charge is 0.481 e. The summed E-state index contributed by atoms with van der Waals surface area (Å²) in [5.74, 6) is -1.07. The van der Waals surface area contributed by atoms with Crippen molar-refractivity contribution in [2.24, 2.45) is 5.92 Å². The number of rotatable bonds is 6. The van der Waals surface area contributed by atoms with E-state index in [1.54, 1.807) is 0 Å². The van der Waals surface area contributed by atoms with Crippen LogP contribution >= 0.6 is 0 Å². The molecule has 2 unspecified atom stereocenters. The summed E-state index contributed by atoms with van der Waals surface area (Å²) in [5.41, 5.74) is -0.246. The Morgan fingerprint density at radius 3 is 2.74 bits per heavy atom. The molecule has 1 N–H and O–H groups in total. The van der Waals surface area contributed by atoms with Gasteiger partial charge in [-0.3, -0.25) is 4.79 Å². The summed E-state index contributed by atoms with van der Waals surface area (Å²) in [5, 5.41) is 18.6. The number of piperidine rings is 1. The quantitative estimate of drug-likeness (QED) is 0.448. The summed E-state index contributed by atoms with van der Waals surface area (Å²) < 4.78 is 0.616. The van der Waals surface area contributed by atoms with E-state index in [0.717, 1.165) is 13.0 Å². The lowest BCUT2D eigenvalue weighted by Gasteiger charge is -2.51. The lowest BCUT2D eigenvalue weighted by molar-refractivity contribution is -0.962. The van der Waals surface area contributed by atoms with Gasteiger partial charge in [-0.2, -0.15) is 0 Å². The maximum atomic E-state index is 11.1. The van der Waals surface area contributed by atoms with Crippen LogP contribution in [0.4, 0.5) is 0 Å². The van der Waals surface area contributed by atoms with Gasteiger partial charge in [-0.15, -0.1) is 10.1 Å². The smallest absolute Gasteiger partial charge is 0.312 e. The average Bonchev–Trinajstić information content (AvgIpc) is 2.28. The third kappa shape index (κ3) is 3.79. The number of quaternary nitrogens is 1. The second kappa shape index (κ2) is 5.73. The van der Waals surface area contributed by atoms with Crippen LogP contribution in [0.3, 0.4) is 0 Å². The van der Waals surface area contributed by atoms with Crippen LogP contribution in [0.1, 0.15) is 33.1 Å². The highest BCUT2D eigenvalue weighted by molar-refractivity contribution is 5.70. The first-order valence-corrected chi connectivity index (χ1v) is 6.53. The Kier molecular flexibility index (Phi) is 4.73. The minimum absolute atomic E-state index is 0.0472. The molecule has 1 saturated heterocycles. The number of hydrogen-bond acceptors (Lipinski definition) is 4. The van der Waals surface area contributed by atoms with Crippen molar-refractivity contribution in [3.63, 3.8) is 0 Å². The Morgan fingerprint density at radius 1 is 1.58 bits per heavy atom. The number of hydrogen-bond donors (Lipinski definition) is 1. The monoisotopic (exact) mass is 275 g/mol. The summed E-state index contributed by atoms with van der Waals surface area (Å²) in [6.45, 7) is 5.54. The summed E-state index contributed by atoms with van der Waals surface area (Å²) in [7, 11) is 2.03. The Labute approximate surface area is 112 Å². The first kappa shape index (κ1) is 15.7. The second-order valence-electron chi connectivity index (χ2n) is 6.10. The van der Waals surface area contributed by atoms with Crippen LogP contribution in [0.15, 0.2) is 0 Å². The molecule has 7 heteroatoms. The zero-order valence-electron chi connectivity index (χ0n) is 11.8. The molecule has 0 aromatic rings. The lowest BCUT2D eigenvalue weighted by Crippen LogP contribution is -2.63. The molecular formula is C12H23N2O5+. The van der Waals surface area contributed by atoms with Gasteiger partial charge < -0.3 is 14.4 Å². The van der Waals surface area contributed by atoms with Gasteiger partial charge in [0, 0.05) is 6.42 Å². The highest BCUT2D eigenvalue weighted by atomic mass is 16.9. The van der Waals surface area contributed by atoms with Gasteiger partial charge in [0.2, 0.25) is 0 Å². The molecule has 1 heterocycles. The fraction of sp³-hybridized carbons (Fsp3) is 0.917. The van der Waals surface area contributed by atoms with Crippen LogP contribution in [0.25, 0.3) is 0 Å². The zero-order valence-corrected chi connectivity index (χ0v) is 11.8. The van der Waals surface area contributed by atoms with Crippen molar-refractivity contribution in [1.82, 2.24) is 0 Å². The molecule has 110 valence electrons. The predicted molar refractivity (Wildman–Crippen MR) is 67.9 cm³/mol. The molecular weight excluding hydrogens is 252 g/mol. The van der Waals surface area contributed by atoms with E-state index in [4.69, 9.17) is 5.11 Å². The Bertz CT molecular complexity index is 358. The Hall–Kier alpha value is -1.37.